The molecule has 1 atom stereocenters. The van der Waals surface area contributed by atoms with Gasteiger partial charge in [0.25, 0.3) is 5.91 Å². The molecule has 0 unspecified atom stereocenters. The number of benzene rings is 2. The number of aromatic nitrogens is 3. The van der Waals surface area contributed by atoms with Gasteiger partial charge in [0, 0.05) is 24.8 Å². The van der Waals surface area contributed by atoms with Crippen molar-refractivity contribution in [3.63, 3.8) is 0 Å². The van der Waals surface area contributed by atoms with Crippen LogP contribution >= 0.6 is 11.8 Å². The molecule has 9 heteroatoms. The molecule has 0 fully saturated rings. The summed E-state index contributed by atoms with van der Waals surface area (Å²) in [5, 5.41) is 12.1. The third-order valence-corrected chi connectivity index (χ3v) is 6.70. The average molecular weight is 466 g/mol. The van der Waals surface area contributed by atoms with E-state index in [1.54, 1.807) is 31.4 Å². The summed E-state index contributed by atoms with van der Waals surface area (Å²) in [5.74, 6) is 1.43. The fourth-order valence-corrected chi connectivity index (χ4v) is 4.71. The molecule has 172 valence electrons. The monoisotopic (exact) mass is 465 g/mol. The summed E-state index contributed by atoms with van der Waals surface area (Å²) in [7, 11) is 3.42. The third-order valence-electron chi connectivity index (χ3n) is 5.69. The maximum absolute atomic E-state index is 12.9. The van der Waals surface area contributed by atoms with E-state index in [9.17, 15) is 9.59 Å². The fourth-order valence-electron chi connectivity index (χ4n) is 3.91. The van der Waals surface area contributed by atoms with Gasteiger partial charge in [0.05, 0.1) is 18.9 Å². The number of nitrogens with zero attached hydrogens (tertiary/aromatic N) is 4. The first-order chi connectivity index (χ1) is 16.0. The highest BCUT2D eigenvalue weighted by Gasteiger charge is 2.24. The second-order valence-corrected chi connectivity index (χ2v) is 8.83. The lowest BCUT2D eigenvalue weighted by molar-refractivity contribution is -0.116. The van der Waals surface area contributed by atoms with Crippen molar-refractivity contribution in [2.24, 2.45) is 7.05 Å². The van der Waals surface area contributed by atoms with E-state index in [4.69, 9.17) is 4.74 Å². The van der Waals surface area contributed by atoms with Crippen molar-refractivity contribution in [2.75, 3.05) is 24.3 Å². The number of methoxy groups -OCH3 is 1. The number of hydrogen-bond donors (Lipinski definition) is 1. The molecular formula is C24H27N5O3S. The van der Waals surface area contributed by atoms with E-state index in [0.717, 1.165) is 25.1 Å². The largest absolute Gasteiger partial charge is 0.497 e. The Balaban J connectivity index is 1.37. The van der Waals surface area contributed by atoms with E-state index in [1.165, 1.54) is 17.3 Å². The number of hydrogen-bond acceptors (Lipinski definition) is 6. The molecule has 0 saturated heterocycles. The molecule has 33 heavy (non-hydrogen) atoms. The Labute approximate surface area is 197 Å². The van der Waals surface area contributed by atoms with E-state index in [1.807, 2.05) is 41.6 Å². The Bertz CT molecular complexity index is 1150. The summed E-state index contributed by atoms with van der Waals surface area (Å²) in [6.07, 6.45) is 1.97. The van der Waals surface area contributed by atoms with Crippen molar-refractivity contribution in [1.29, 1.82) is 0 Å². The van der Waals surface area contributed by atoms with Gasteiger partial charge >= 0.3 is 0 Å². The molecule has 8 nitrogen and oxygen atoms in total. The molecule has 2 aromatic carbocycles. The van der Waals surface area contributed by atoms with Crippen LogP contribution in [0.3, 0.4) is 0 Å². The highest BCUT2D eigenvalue weighted by Crippen LogP contribution is 2.28. The second kappa shape index (κ2) is 10.1. The van der Waals surface area contributed by atoms with Crippen LogP contribution in [0.4, 0.5) is 5.69 Å². The molecule has 0 saturated carbocycles. The molecule has 2 amide bonds. The van der Waals surface area contributed by atoms with Gasteiger partial charge in [-0.2, -0.15) is 0 Å². The summed E-state index contributed by atoms with van der Waals surface area (Å²) < 4.78 is 6.95. The summed E-state index contributed by atoms with van der Waals surface area (Å²) in [5.41, 5.74) is 2.75. The van der Waals surface area contributed by atoms with Crippen LogP contribution in [0, 0.1) is 0 Å². The minimum absolute atomic E-state index is 0.0533. The van der Waals surface area contributed by atoms with Gasteiger partial charge in [-0.05, 0) is 55.7 Å². The maximum atomic E-state index is 12.9. The molecule has 1 N–H and O–H groups in total. The van der Waals surface area contributed by atoms with E-state index in [-0.39, 0.29) is 23.6 Å². The lowest BCUT2D eigenvalue weighted by atomic mass is 10.0. The van der Waals surface area contributed by atoms with Crippen LogP contribution < -0.4 is 15.0 Å². The summed E-state index contributed by atoms with van der Waals surface area (Å²) in [6.45, 7) is 2.59. The number of anilines is 1. The molecule has 1 aliphatic rings. The van der Waals surface area contributed by atoms with Gasteiger partial charge in [-0.1, -0.05) is 30.0 Å². The zero-order valence-electron chi connectivity index (χ0n) is 18.9. The first-order valence-electron chi connectivity index (χ1n) is 10.8. The van der Waals surface area contributed by atoms with Crippen LogP contribution in [0.2, 0.25) is 0 Å². The van der Waals surface area contributed by atoms with Crippen molar-refractivity contribution in [3.8, 4) is 5.75 Å². The number of rotatable bonds is 7. The van der Waals surface area contributed by atoms with Crippen LogP contribution in [-0.4, -0.2) is 46.0 Å². The zero-order valence-corrected chi connectivity index (χ0v) is 19.8. The smallest absolute Gasteiger partial charge is 0.251 e. The van der Waals surface area contributed by atoms with Crippen molar-refractivity contribution in [1.82, 2.24) is 20.1 Å². The summed E-state index contributed by atoms with van der Waals surface area (Å²) in [4.78, 5) is 27.4. The number of aryl methyl sites for hydroxylation is 1. The molecule has 0 radical (unpaired) electrons. The number of carbonyl (C=O) groups excluding carboxylic acids is 2. The maximum Gasteiger partial charge on any atom is 0.251 e. The van der Waals surface area contributed by atoms with Crippen LogP contribution in [0.5, 0.6) is 5.75 Å². The molecule has 0 aliphatic carbocycles. The number of para-hydroxylation sites is 1. The zero-order chi connectivity index (χ0) is 23.4. The van der Waals surface area contributed by atoms with Crippen molar-refractivity contribution < 1.29 is 14.3 Å². The van der Waals surface area contributed by atoms with Crippen molar-refractivity contribution in [3.05, 3.63) is 65.5 Å². The molecule has 2 heterocycles. The molecule has 0 bridgehead atoms. The van der Waals surface area contributed by atoms with E-state index in [2.05, 4.69) is 21.6 Å². The molecule has 0 spiro atoms. The van der Waals surface area contributed by atoms with Crippen molar-refractivity contribution >= 4 is 29.3 Å². The summed E-state index contributed by atoms with van der Waals surface area (Å²) in [6, 6.07) is 14.6. The lowest BCUT2D eigenvalue weighted by Crippen LogP contribution is -2.36. The van der Waals surface area contributed by atoms with Crippen LogP contribution in [-0.2, 0) is 18.3 Å². The Morgan fingerprint density at radius 1 is 1.15 bits per heavy atom. The van der Waals surface area contributed by atoms with Gasteiger partial charge in [-0.3, -0.25) is 9.59 Å². The molecule has 1 aliphatic heterocycles. The van der Waals surface area contributed by atoms with Gasteiger partial charge in [0.1, 0.15) is 5.75 Å². The Hall–Kier alpha value is -3.33. The van der Waals surface area contributed by atoms with E-state index >= 15 is 0 Å². The van der Waals surface area contributed by atoms with Gasteiger partial charge in [0.15, 0.2) is 11.0 Å². The summed E-state index contributed by atoms with van der Waals surface area (Å²) >= 11 is 1.35. The minimum Gasteiger partial charge on any atom is -0.497 e. The van der Waals surface area contributed by atoms with Gasteiger partial charge < -0.3 is 19.5 Å². The number of thioether (sulfide) groups is 1. The fraction of sp³-hybridized carbons (Fsp3) is 0.333. The molecule has 1 aromatic heterocycles. The number of carbonyl (C=O) groups is 2. The van der Waals surface area contributed by atoms with Crippen LogP contribution in [0.15, 0.2) is 53.7 Å². The highest BCUT2D eigenvalue weighted by atomic mass is 32.2. The van der Waals surface area contributed by atoms with Gasteiger partial charge in [0.2, 0.25) is 5.91 Å². The SMILES string of the molecule is COc1ccc(C(=O)N[C@@H](C)c2nnc(SCC(=O)N3CCCc4ccccc43)n2C)cc1. The minimum atomic E-state index is -0.351. The van der Waals surface area contributed by atoms with Crippen molar-refractivity contribution in [2.45, 2.75) is 31.0 Å². The number of amides is 2. The Morgan fingerprint density at radius 3 is 2.67 bits per heavy atom. The van der Waals surface area contributed by atoms with Gasteiger partial charge in [-0.25, -0.2) is 0 Å². The number of nitrogens with one attached hydrogen (secondary N) is 1. The van der Waals surface area contributed by atoms with E-state index in [0.29, 0.717) is 22.3 Å². The normalized spacial score (nSPS) is 13.8. The van der Waals surface area contributed by atoms with Crippen LogP contribution in [0.25, 0.3) is 0 Å². The predicted molar refractivity (Wildman–Crippen MR) is 128 cm³/mol. The predicted octanol–water partition coefficient (Wildman–Crippen LogP) is 3.39. The van der Waals surface area contributed by atoms with Gasteiger partial charge in [-0.15, -0.1) is 10.2 Å². The quantitative estimate of drug-likeness (QED) is 0.538. The third kappa shape index (κ3) is 5.03. The second-order valence-electron chi connectivity index (χ2n) is 7.89. The molecular weight excluding hydrogens is 438 g/mol. The highest BCUT2D eigenvalue weighted by molar-refractivity contribution is 7.99. The number of fused-ring (bicyclic) bond motifs is 1. The molecule has 3 aromatic rings. The molecule has 4 rings (SSSR count). The average Bonchev–Trinajstić information content (AvgIpc) is 3.22. The van der Waals surface area contributed by atoms with E-state index < -0.39 is 0 Å². The first-order valence-corrected chi connectivity index (χ1v) is 11.8. The number of ether oxygens (including phenoxy) is 1. The van der Waals surface area contributed by atoms with Crippen LogP contribution in [0.1, 0.15) is 41.1 Å². The first kappa shape index (κ1) is 22.8. The standard InChI is InChI=1S/C24H27N5O3S/c1-16(25-23(31)18-10-12-19(32-3)13-11-18)22-26-27-24(28(22)2)33-15-21(30)29-14-6-8-17-7-4-5-9-20(17)29/h4-5,7,9-13,16H,6,8,14-15H2,1-3H3,(H,25,31)/t16-/m0/s1. The Kier molecular flexibility index (Phi) is 6.98. The Morgan fingerprint density at radius 2 is 1.91 bits per heavy atom. The lowest BCUT2D eigenvalue weighted by Gasteiger charge is -2.29. The topological polar surface area (TPSA) is 89.3 Å².